The lowest BCUT2D eigenvalue weighted by Gasteiger charge is -2.45. The van der Waals surface area contributed by atoms with Gasteiger partial charge in [0.2, 0.25) is 0 Å². The lowest BCUT2D eigenvalue weighted by atomic mass is 9.89. The van der Waals surface area contributed by atoms with Crippen LogP contribution in [0.5, 0.6) is 11.5 Å². The van der Waals surface area contributed by atoms with E-state index in [0.717, 1.165) is 35.5 Å². The summed E-state index contributed by atoms with van der Waals surface area (Å²) in [5.41, 5.74) is 7.11. The predicted molar refractivity (Wildman–Crippen MR) is 201 cm³/mol. The first-order valence-corrected chi connectivity index (χ1v) is 18.5. The summed E-state index contributed by atoms with van der Waals surface area (Å²) in [5, 5.41) is 0.527. The maximum atomic E-state index is 6.94. The fraction of sp³-hybridized carbons (Fsp3) is 0.318. The van der Waals surface area contributed by atoms with Gasteiger partial charge in [0.25, 0.3) is 0 Å². The van der Waals surface area contributed by atoms with E-state index in [9.17, 15) is 0 Å². The molecule has 1 heterocycles. The molecule has 0 amide bonds. The zero-order valence-electron chi connectivity index (χ0n) is 28.9. The molecule has 1 saturated heterocycles. The molecule has 4 nitrogen and oxygen atoms in total. The van der Waals surface area contributed by atoms with Crippen molar-refractivity contribution < 1.29 is 18.9 Å². The molecule has 0 N–H and O–H groups in total. The second-order valence-electron chi connectivity index (χ2n) is 12.8. The van der Waals surface area contributed by atoms with Crippen molar-refractivity contribution in [1.29, 1.82) is 0 Å². The maximum absolute atomic E-state index is 6.94. The number of rotatable bonds is 15. The van der Waals surface area contributed by atoms with Crippen molar-refractivity contribution >= 4 is 11.8 Å². The van der Waals surface area contributed by atoms with Crippen LogP contribution in [0.1, 0.15) is 65.8 Å². The molecule has 5 aromatic rings. The summed E-state index contributed by atoms with van der Waals surface area (Å²) in [7, 11) is 0. The van der Waals surface area contributed by atoms with Gasteiger partial charge in [0.15, 0.2) is 0 Å². The molecular formula is C44H48O4S. The van der Waals surface area contributed by atoms with E-state index in [1.165, 1.54) is 22.3 Å². The van der Waals surface area contributed by atoms with Gasteiger partial charge < -0.3 is 18.9 Å². The molecule has 5 atom stereocenters. The second-order valence-corrected chi connectivity index (χ2v) is 14.2. The van der Waals surface area contributed by atoms with E-state index in [2.05, 4.69) is 141 Å². The van der Waals surface area contributed by atoms with Gasteiger partial charge in [-0.05, 0) is 70.8 Å². The molecule has 1 fully saturated rings. The van der Waals surface area contributed by atoms with Crippen molar-refractivity contribution in [1.82, 2.24) is 0 Å². The average Bonchev–Trinajstić information content (AvgIpc) is 3.15. The predicted octanol–water partition coefficient (Wildman–Crippen LogP) is 10.6. The van der Waals surface area contributed by atoms with Crippen LogP contribution in [0.3, 0.4) is 0 Å². The zero-order valence-corrected chi connectivity index (χ0v) is 29.7. The second kappa shape index (κ2) is 17.6. The first-order valence-electron chi connectivity index (χ1n) is 17.6. The van der Waals surface area contributed by atoms with Crippen LogP contribution in [0, 0.1) is 5.92 Å². The number of benzene rings is 5. The van der Waals surface area contributed by atoms with Crippen LogP contribution in [0.15, 0.2) is 133 Å². The summed E-state index contributed by atoms with van der Waals surface area (Å²) >= 11 is 2.04. The lowest BCUT2D eigenvalue weighted by Crippen LogP contribution is -2.48. The minimum Gasteiger partial charge on any atom is -0.494 e. The van der Waals surface area contributed by atoms with Crippen LogP contribution in [-0.4, -0.2) is 24.1 Å². The molecule has 0 saturated carbocycles. The van der Waals surface area contributed by atoms with Crippen LogP contribution < -0.4 is 9.47 Å². The van der Waals surface area contributed by atoms with Crippen molar-refractivity contribution in [3.8, 4) is 11.5 Å². The largest absolute Gasteiger partial charge is 0.494 e. The number of hydrogen-bond acceptors (Lipinski definition) is 5. The van der Waals surface area contributed by atoms with E-state index in [0.29, 0.717) is 37.6 Å². The Balaban J connectivity index is 1.34. The summed E-state index contributed by atoms with van der Waals surface area (Å²) in [4.78, 5) is 0. The number of thioether (sulfide) groups is 1. The van der Waals surface area contributed by atoms with E-state index in [-0.39, 0.29) is 17.5 Å². The summed E-state index contributed by atoms with van der Waals surface area (Å²) in [6.45, 7) is 8.91. The van der Waals surface area contributed by atoms with Crippen molar-refractivity contribution in [3.63, 3.8) is 0 Å². The Bertz CT molecular complexity index is 1690. The smallest absolute Gasteiger partial charge is 0.123 e. The molecule has 0 radical (unpaired) electrons. The standard InChI is InChI=1S/C44H48O4S/c1-4-41-32(3)42(47-30-35-17-11-7-12-18-35)43(48-31-36-19-13-8-14-20-36)44(49-41)37-23-26-40(46-29-34-15-9-6-10-16-34)38(28-37)27-33-21-24-39(25-22-33)45-5-2/h6-26,28,32,41-44H,4-5,27,29-31H2,1-3H3/t32-,41-,42+,43-,44+/m1/s1. The fourth-order valence-electron chi connectivity index (χ4n) is 6.65. The van der Waals surface area contributed by atoms with Crippen molar-refractivity contribution in [2.45, 2.75) is 76.1 Å². The molecule has 0 bridgehead atoms. The first kappa shape index (κ1) is 34.8. The van der Waals surface area contributed by atoms with Gasteiger partial charge in [-0.25, -0.2) is 0 Å². The Morgan fingerprint density at radius 3 is 1.71 bits per heavy atom. The van der Waals surface area contributed by atoms with E-state index >= 15 is 0 Å². The zero-order chi connectivity index (χ0) is 33.8. The summed E-state index contributed by atoms with van der Waals surface area (Å²) in [6.07, 6.45) is 1.61. The van der Waals surface area contributed by atoms with E-state index < -0.39 is 0 Å². The first-order chi connectivity index (χ1) is 24.1. The Morgan fingerprint density at radius 1 is 0.571 bits per heavy atom. The topological polar surface area (TPSA) is 36.9 Å². The SMILES string of the molecule is CCOc1ccc(Cc2cc([C@@H]3S[C@H](CC)[C@@H](C)[C@H](OCc4ccccc4)[C@H]3OCc3ccccc3)ccc2OCc2ccccc2)cc1. The van der Waals surface area contributed by atoms with Gasteiger partial charge in [-0.1, -0.05) is 129 Å². The molecule has 1 aliphatic rings. The van der Waals surface area contributed by atoms with Gasteiger partial charge in [-0.3, -0.25) is 0 Å². The minimum absolute atomic E-state index is 0.0660. The summed E-state index contributed by atoms with van der Waals surface area (Å²) in [5.74, 6) is 2.12. The molecule has 0 aliphatic carbocycles. The van der Waals surface area contributed by atoms with Gasteiger partial charge in [0.05, 0.1) is 31.2 Å². The molecule has 6 rings (SSSR count). The molecule has 49 heavy (non-hydrogen) atoms. The summed E-state index contributed by atoms with van der Waals surface area (Å²) < 4.78 is 26.0. The maximum Gasteiger partial charge on any atom is 0.123 e. The van der Waals surface area contributed by atoms with Gasteiger partial charge in [-0.15, -0.1) is 11.8 Å². The van der Waals surface area contributed by atoms with Crippen molar-refractivity contribution in [2.75, 3.05) is 6.61 Å². The van der Waals surface area contributed by atoms with Gasteiger partial charge in [0.1, 0.15) is 24.2 Å². The third-order valence-corrected chi connectivity index (χ3v) is 11.2. The Labute approximate surface area is 296 Å². The van der Waals surface area contributed by atoms with Crippen LogP contribution in [0.25, 0.3) is 0 Å². The highest BCUT2D eigenvalue weighted by atomic mass is 32.2. The van der Waals surface area contributed by atoms with Gasteiger partial charge in [-0.2, -0.15) is 0 Å². The minimum atomic E-state index is -0.138. The third kappa shape index (κ3) is 9.36. The Kier molecular flexibility index (Phi) is 12.5. The van der Waals surface area contributed by atoms with Crippen LogP contribution >= 0.6 is 11.8 Å². The Hall–Kier alpha value is -4.03. The quantitative estimate of drug-likeness (QED) is 0.111. The molecule has 5 aromatic carbocycles. The average molecular weight is 673 g/mol. The highest BCUT2D eigenvalue weighted by Crippen LogP contribution is 2.50. The highest BCUT2D eigenvalue weighted by molar-refractivity contribution is 8.00. The third-order valence-electron chi connectivity index (χ3n) is 9.30. The molecule has 1 aliphatic heterocycles. The molecule has 254 valence electrons. The summed E-state index contributed by atoms with van der Waals surface area (Å²) in [6, 6.07) is 46.5. The Morgan fingerprint density at radius 2 is 1.14 bits per heavy atom. The molecule has 0 aromatic heterocycles. The van der Waals surface area contributed by atoms with Crippen molar-refractivity contribution in [3.05, 3.63) is 167 Å². The van der Waals surface area contributed by atoms with E-state index in [1.807, 2.05) is 24.8 Å². The fourth-order valence-corrected chi connectivity index (χ4v) is 8.32. The normalized spacial score (nSPS) is 20.5. The van der Waals surface area contributed by atoms with Gasteiger partial charge >= 0.3 is 0 Å². The number of hydrogen-bond donors (Lipinski definition) is 0. The number of ether oxygens (including phenoxy) is 4. The van der Waals surface area contributed by atoms with E-state index in [4.69, 9.17) is 18.9 Å². The van der Waals surface area contributed by atoms with Crippen LogP contribution in [0.2, 0.25) is 0 Å². The molecule has 0 unspecified atom stereocenters. The van der Waals surface area contributed by atoms with E-state index in [1.54, 1.807) is 0 Å². The van der Waals surface area contributed by atoms with Gasteiger partial charge in [0, 0.05) is 11.7 Å². The highest BCUT2D eigenvalue weighted by Gasteiger charge is 2.45. The van der Waals surface area contributed by atoms with Crippen LogP contribution in [-0.2, 0) is 35.7 Å². The lowest BCUT2D eigenvalue weighted by molar-refractivity contribution is -0.112. The molecule has 5 heteroatoms. The van der Waals surface area contributed by atoms with Crippen molar-refractivity contribution in [2.24, 2.45) is 5.92 Å². The molecule has 0 spiro atoms. The monoisotopic (exact) mass is 672 g/mol. The van der Waals surface area contributed by atoms with Crippen LogP contribution in [0.4, 0.5) is 0 Å². The molecular weight excluding hydrogens is 625 g/mol.